The molecule has 20 heavy (non-hydrogen) atoms. The van der Waals surface area contributed by atoms with Crippen molar-refractivity contribution in [3.05, 3.63) is 47.4 Å². The molecule has 0 bridgehead atoms. The van der Waals surface area contributed by atoms with E-state index in [2.05, 4.69) is 10.1 Å². The van der Waals surface area contributed by atoms with E-state index >= 15 is 0 Å². The molecule has 0 atom stereocenters. The molecule has 6 nitrogen and oxygen atoms in total. The van der Waals surface area contributed by atoms with Crippen molar-refractivity contribution >= 4 is 17.6 Å². The molecule has 2 heterocycles. The quantitative estimate of drug-likeness (QED) is 0.795. The van der Waals surface area contributed by atoms with Crippen LogP contribution in [0.5, 0.6) is 0 Å². The summed E-state index contributed by atoms with van der Waals surface area (Å²) in [7, 11) is 0. The highest BCUT2D eigenvalue weighted by Gasteiger charge is 2.16. The van der Waals surface area contributed by atoms with Crippen LogP contribution in [0, 0.1) is 0 Å². The first-order valence-electron chi connectivity index (χ1n) is 5.56. The van der Waals surface area contributed by atoms with E-state index in [1.54, 1.807) is 18.2 Å². The smallest absolute Gasteiger partial charge is 0.335 e. The van der Waals surface area contributed by atoms with E-state index in [0.717, 1.165) is 0 Å². The fourth-order valence-electron chi connectivity index (χ4n) is 1.69. The van der Waals surface area contributed by atoms with Gasteiger partial charge in [-0.05, 0) is 29.8 Å². The molecule has 0 aliphatic heterocycles. The maximum Gasteiger partial charge on any atom is 0.335 e. The van der Waals surface area contributed by atoms with Gasteiger partial charge in [-0.1, -0.05) is 17.3 Å². The van der Waals surface area contributed by atoms with Crippen LogP contribution in [0.2, 0.25) is 5.22 Å². The van der Waals surface area contributed by atoms with Gasteiger partial charge in [-0.2, -0.15) is 4.98 Å². The van der Waals surface area contributed by atoms with Crippen molar-refractivity contribution in [2.24, 2.45) is 0 Å². The van der Waals surface area contributed by atoms with Gasteiger partial charge in [-0.3, -0.25) is 0 Å². The molecule has 0 fully saturated rings. The molecule has 0 radical (unpaired) electrons. The first kappa shape index (κ1) is 12.4. The Hall–Kier alpha value is -2.60. The van der Waals surface area contributed by atoms with Crippen molar-refractivity contribution < 1.29 is 18.8 Å². The van der Waals surface area contributed by atoms with Gasteiger partial charge in [-0.25, -0.2) is 4.79 Å². The average molecular weight is 291 g/mol. The lowest BCUT2D eigenvalue weighted by molar-refractivity contribution is 0.0697. The molecule has 0 aliphatic rings. The summed E-state index contributed by atoms with van der Waals surface area (Å²) in [5, 5.41) is 12.9. The van der Waals surface area contributed by atoms with Crippen LogP contribution in [-0.2, 0) is 0 Å². The van der Waals surface area contributed by atoms with Crippen molar-refractivity contribution in [3.63, 3.8) is 0 Å². The lowest BCUT2D eigenvalue weighted by Crippen LogP contribution is -1.96. The summed E-state index contributed by atoms with van der Waals surface area (Å²) < 4.78 is 10.0. The molecule has 0 saturated carbocycles. The summed E-state index contributed by atoms with van der Waals surface area (Å²) in [4.78, 5) is 15.1. The third-order valence-corrected chi connectivity index (χ3v) is 2.93. The van der Waals surface area contributed by atoms with Gasteiger partial charge < -0.3 is 14.0 Å². The minimum absolute atomic E-state index is 0.148. The zero-order valence-corrected chi connectivity index (χ0v) is 10.7. The zero-order valence-electron chi connectivity index (χ0n) is 9.91. The van der Waals surface area contributed by atoms with Gasteiger partial charge in [0.15, 0.2) is 0 Å². The highest BCUT2D eigenvalue weighted by Crippen LogP contribution is 2.29. The number of hydrogen-bond acceptors (Lipinski definition) is 5. The topological polar surface area (TPSA) is 89.4 Å². The molecule has 100 valence electrons. The standard InChI is InChI=1S/C13H7ClN2O4/c14-10-9(4-5-19-10)12-15-11(16-20-12)7-2-1-3-8(6-7)13(17)18/h1-6H,(H,17,18). The van der Waals surface area contributed by atoms with Crippen molar-refractivity contribution in [1.29, 1.82) is 0 Å². The molecular weight excluding hydrogens is 284 g/mol. The number of halogens is 1. The largest absolute Gasteiger partial charge is 0.478 e. The molecule has 2 aromatic heterocycles. The summed E-state index contributed by atoms with van der Waals surface area (Å²) in [5.41, 5.74) is 1.18. The maximum atomic E-state index is 10.9. The normalized spacial score (nSPS) is 10.7. The highest BCUT2D eigenvalue weighted by atomic mass is 35.5. The predicted octanol–water partition coefficient (Wildman–Crippen LogP) is 3.35. The maximum absolute atomic E-state index is 10.9. The second-order valence-electron chi connectivity index (χ2n) is 3.92. The summed E-state index contributed by atoms with van der Waals surface area (Å²) in [6, 6.07) is 7.86. The lowest BCUT2D eigenvalue weighted by atomic mass is 10.1. The summed E-state index contributed by atoms with van der Waals surface area (Å²) in [6.07, 6.45) is 1.41. The molecule has 0 aliphatic carbocycles. The SMILES string of the molecule is O=C(O)c1cccc(-c2noc(-c3ccoc3Cl)n2)c1. The Morgan fingerprint density at radius 2 is 2.15 bits per heavy atom. The number of benzene rings is 1. The summed E-state index contributed by atoms with van der Waals surface area (Å²) >= 11 is 5.82. The number of carbonyl (C=O) groups is 1. The molecular formula is C13H7ClN2O4. The number of aromatic nitrogens is 2. The van der Waals surface area contributed by atoms with E-state index in [4.69, 9.17) is 25.6 Å². The van der Waals surface area contributed by atoms with Gasteiger partial charge in [0.2, 0.25) is 11.0 Å². The van der Waals surface area contributed by atoms with Gasteiger partial charge in [0, 0.05) is 5.56 Å². The van der Waals surface area contributed by atoms with Crippen LogP contribution in [-0.4, -0.2) is 21.2 Å². The molecule has 7 heteroatoms. The van der Waals surface area contributed by atoms with Gasteiger partial charge in [0.1, 0.15) is 0 Å². The lowest BCUT2D eigenvalue weighted by Gasteiger charge is -1.96. The van der Waals surface area contributed by atoms with Crippen LogP contribution in [0.3, 0.4) is 0 Å². The zero-order chi connectivity index (χ0) is 14.1. The van der Waals surface area contributed by atoms with Crippen molar-refractivity contribution in [3.8, 4) is 22.8 Å². The number of furan rings is 1. The Labute approximate surface area is 117 Å². The monoisotopic (exact) mass is 290 g/mol. The average Bonchev–Trinajstić information content (AvgIpc) is 3.07. The van der Waals surface area contributed by atoms with Crippen LogP contribution in [0.1, 0.15) is 10.4 Å². The highest BCUT2D eigenvalue weighted by molar-refractivity contribution is 6.31. The van der Waals surface area contributed by atoms with Gasteiger partial charge >= 0.3 is 5.97 Å². The van der Waals surface area contributed by atoms with Crippen LogP contribution < -0.4 is 0 Å². The van der Waals surface area contributed by atoms with Gasteiger partial charge in [-0.15, -0.1) is 0 Å². The number of carboxylic acids is 1. The third kappa shape index (κ3) is 2.17. The Morgan fingerprint density at radius 3 is 2.85 bits per heavy atom. The van der Waals surface area contributed by atoms with E-state index in [1.165, 1.54) is 18.4 Å². The van der Waals surface area contributed by atoms with Crippen molar-refractivity contribution in [1.82, 2.24) is 10.1 Å². The number of carboxylic acid groups (broad SMARTS) is 1. The fourth-order valence-corrected chi connectivity index (χ4v) is 1.88. The number of rotatable bonds is 3. The molecule has 3 aromatic rings. The predicted molar refractivity (Wildman–Crippen MR) is 69.4 cm³/mol. The Kier molecular flexibility index (Phi) is 3.00. The summed E-state index contributed by atoms with van der Waals surface area (Å²) in [5.74, 6) is -0.534. The Morgan fingerprint density at radius 1 is 1.30 bits per heavy atom. The fraction of sp³-hybridized carbons (Fsp3) is 0. The second kappa shape index (κ2) is 4.82. The third-order valence-electron chi connectivity index (χ3n) is 2.64. The van der Waals surface area contributed by atoms with Crippen LogP contribution >= 0.6 is 11.6 Å². The van der Waals surface area contributed by atoms with Crippen molar-refractivity contribution in [2.45, 2.75) is 0 Å². The molecule has 0 saturated heterocycles. The van der Waals surface area contributed by atoms with E-state index in [-0.39, 0.29) is 22.5 Å². The molecule has 0 unspecified atom stereocenters. The molecule has 0 spiro atoms. The second-order valence-corrected chi connectivity index (χ2v) is 4.26. The number of hydrogen-bond donors (Lipinski definition) is 1. The number of aromatic carboxylic acids is 1. The minimum Gasteiger partial charge on any atom is -0.478 e. The molecule has 3 rings (SSSR count). The van der Waals surface area contributed by atoms with E-state index in [1.807, 2.05) is 0 Å². The van der Waals surface area contributed by atoms with Crippen LogP contribution in [0.25, 0.3) is 22.8 Å². The summed E-state index contributed by atoms with van der Waals surface area (Å²) in [6.45, 7) is 0. The van der Waals surface area contributed by atoms with Gasteiger partial charge in [0.25, 0.3) is 5.89 Å². The van der Waals surface area contributed by atoms with Crippen molar-refractivity contribution in [2.75, 3.05) is 0 Å². The molecule has 0 amide bonds. The van der Waals surface area contributed by atoms with Crippen LogP contribution in [0.4, 0.5) is 0 Å². The Balaban J connectivity index is 2.00. The van der Waals surface area contributed by atoms with Gasteiger partial charge in [0.05, 0.1) is 17.4 Å². The van der Waals surface area contributed by atoms with E-state index in [0.29, 0.717) is 11.1 Å². The molecule has 1 N–H and O–H groups in total. The molecule has 1 aromatic carbocycles. The van der Waals surface area contributed by atoms with E-state index < -0.39 is 5.97 Å². The van der Waals surface area contributed by atoms with E-state index in [9.17, 15) is 4.79 Å². The van der Waals surface area contributed by atoms with Crippen LogP contribution in [0.15, 0.2) is 45.5 Å². The minimum atomic E-state index is -1.02. The first-order chi connectivity index (χ1) is 9.65. The first-order valence-corrected chi connectivity index (χ1v) is 5.94. The Bertz CT molecular complexity index is 778. The number of nitrogens with zero attached hydrogens (tertiary/aromatic N) is 2.